The van der Waals surface area contributed by atoms with E-state index in [0.29, 0.717) is 24.1 Å². The van der Waals surface area contributed by atoms with Gasteiger partial charge >= 0.3 is 5.97 Å². The van der Waals surface area contributed by atoms with Crippen LogP contribution in [-0.4, -0.2) is 21.5 Å². The number of aliphatic carboxylic acids is 1. The van der Waals surface area contributed by atoms with Crippen molar-refractivity contribution in [1.82, 2.24) is 0 Å². The lowest BCUT2D eigenvalue weighted by Crippen LogP contribution is -2.52. The average molecular weight is 250 g/mol. The van der Waals surface area contributed by atoms with Crippen molar-refractivity contribution in [2.45, 2.75) is 31.7 Å². The highest BCUT2D eigenvalue weighted by atomic mass is 16.6. The van der Waals surface area contributed by atoms with Crippen molar-refractivity contribution < 1.29 is 14.8 Å². The molecule has 0 saturated heterocycles. The quantitative estimate of drug-likeness (QED) is 0.632. The molecule has 0 aromatic heterocycles. The molecule has 96 valence electrons. The molecule has 0 aliphatic heterocycles. The molecule has 6 heteroatoms. The maximum atomic E-state index is 11.2. The SMILES string of the molecule is Cc1cc([N+](=O)[O-])ccc1NC1(C(=O)O)CCC1. The zero-order valence-corrected chi connectivity index (χ0v) is 9.97. The van der Waals surface area contributed by atoms with Gasteiger partial charge in [-0.05, 0) is 37.8 Å². The Hall–Kier alpha value is -2.11. The van der Waals surface area contributed by atoms with Crippen LogP contribution in [0.5, 0.6) is 0 Å². The third-order valence-corrected chi connectivity index (χ3v) is 3.41. The van der Waals surface area contributed by atoms with Crippen molar-refractivity contribution in [3.8, 4) is 0 Å². The van der Waals surface area contributed by atoms with Crippen molar-refractivity contribution in [3.63, 3.8) is 0 Å². The fourth-order valence-corrected chi connectivity index (χ4v) is 2.08. The molecule has 0 spiro atoms. The van der Waals surface area contributed by atoms with Crippen molar-refractivity contribution in [1.29, 1.82) is 0 Å². The number of nitrogens with zero attached hydrogens (tertiary/aromatic N) is 1. The first kappa shape index (κ1) is 12.3. The zero-order chi connectivity index (χ0) is 13.3. The molecule has 1 aliphatic rings. The maximum absolute atomic E-state index is 11.2. The number of anilines is 1. The van der Waals surface area contributed by atoms with Crippen molar-refractivity contribution >= 4 is 17.3 Å². The summed E-state index contributed by atoms with van der Waals surface area (Å²) in [5.41, 5.74) is 0.427. The van der Waals surface area contributed by atoms with E-state index in [9.17, 15) is 20.0 Å². The maximum Gasteiger partial charge on any atom is 0.329 e. The van der Waals surface area contributed by atoms with Gasteiger partial charge in [0.1, 0.15) is 5.54 Å². The van der Waals surface area contributed by atoms with E-state index in [4.69, 9.17) is 0 Å². The van der Waals surface area contributed by atoms with Gasteiger partial charge in [-0.3, -0.25) is 10.1 Å². The van der Waals surface area contributed by atoms with E-state index in [0.717, 1.165) is 6.42 Å². The van der Waals surface area contributed by atoms with E-state index in [2.05, 4.69) is 5.32 Å². The molecule has 0 radical (unpaired) electrons. The summed E-state index contributed by atoms with van der Waals surface area (Å²) >= 11 is 0. The molecule has 0 atom stereocenters. The standard InChI is InChI=1S/C12H14N2O4/c1-8-7-9(14(17)18)3-4-10(8)13-12(11(15)16)5-2-6-12/h3-4,7,13H,2,5-6H2,1H3,(H,15,16). The predicted molar refractivity (Wildman–Crippen MR) is 65.7 cm³/mol. The smallest absolute Gasteiger partial charge is 0.329 e. The summed E-state index contributed by atoms with van der Waals surface area (Å²) in [5, 5.41) is 22.8. The molecule has 2 rings (SSSR count). The molecule has 2 N–H and O–H groups in total. The molecule has 18 heavy (non-hydrogen) atoms. The summed E-state index contributed by atoms with van der Waals surface area (Å²) in [4.78, 5) is 21.4. The summed E-state index contributed by atoms with van der Waals surface area (Å²) in [5.74, 6) is -0.869. The Balaban J connectivity index is 2.24. The summed E-state index contributed by atoms with van der Waals surface area (Å²) in [6.07, 6.45) is 2.04. The third-order valence-electron chi connectivity index (χ3n) is 3.41. The predicted octanol–water partition coefficient (Wildman–Crippen LogP) is 2.32. The second-order valence-electron chi connectivity index (χ2n) is 4.62. The van der Waals surface area contributed by atoms with E-state index >= 15 is 0 Å². The second kappa shape index (κ2) is 4.29. The highest BCUT2D eigenvalue weighted by Gasteiger charge is 2.44. The number of non-ortho nitro benzene ring substituents is 1. The molecule has 0 heterocycles. The number of rotatable bonds is 4. The molecule has 6 nitrogen and oxygen atoms in total. The Morgan fingerprint density at radius 2 is 2.17 bits per heavy atom. The summed E-state index contributed by atoms with van der Waals surface area (Å²) in [7, 11) is 0. The molecule has 1 aromatic carbocycles. The highest BCUT2D eigenvalue weighted by molar-refractivity contribution is 5.84. The van der Waals surface area contributed by atoms with Gasteiger partial charge in [0.05, 0.1) is 4.92 Å². The monoisotopic (exact) mass is 250 g/mol. The number of benzene rings is 1. The van der Waals surface area contributed by atoms with Crippen LogP contribution in [0.25, 0.3) is 0 Å². The third kappa shape index (κ3) is 2.01. The van der Waals surface area contributed by atoms with E-state index in [-0.39, 0.29) is 5.69 Å². The molecule has 1 saturated carbocycles. The number of aryl methyl sites for hydroxylation is 1. The van der Waals surface area contributed by atoms with Crippen LogP contribution in [0.3, 0.4) is 0 Å². The Kier molecular flexibility index (Phi) is 2.94. The molecular weight excluding hydrogens is 236 g/mol. The van der Waals surface area contributed by atoms with Gasteiger partial charge in [0.2, 0.25) is 0 Å². The van der Waals surface area contributed by atoms with Crippen molar-refractivity contribution in [2.75, 3.05) is 5.32 Å². The van der Waals surface area contributed by atoms with Crippen LogP contribution in [-0.2, 0) is 4.79 Å². The van der Waals surface area contributed by atoms with E-state index in [1.165, 1.54) is 12.1 Å². The molecule has 0 unspecified atom stereocenters. The highest BCUT2D eigenvalue weighted by Crippen LogP contribution is 2.36. The van der Waals surface area contributed by atoms with Crippen molar-refractivity contribution in [2.24, 2.45) is 0 Å². The largest absolute Gasteiger partial charge is 0.480 e. The lowest BCUT2D eigenvalue weighted by atomic mass is 9.76. The van der Waals surface area contributed by atoms with Gasteiger partial charge in [-0.15, -0.1) is 0 Å². The minimum Gasteiger partial charge on any atom is -0.480 e. The number of nitrogens with one attached hydrogen (secondary N) is 1. The summed E-state index contributed by atoms with van der Waals surface area (Å²) in [6, 6.07) is 4.39. The van der Waals surface area contributed by atoms with Gasteiger partial charge < -0.3 is 10.4 Å². The first-order valence-corrected chi connectivity index (χ1v) is 5.71. The number of hydrogen-bond donors (Lipinski definition) is 2. The molecular formula is C12H14N2O4. The number of carboxylic acid groups (broad SMARTS) is 1. The van der Waals surface area contributed by atoms with Gasteiger partial charge in [0.25, 0.3) is 5.69 Å². The molecule has 1 fully saturated rings. The lowest BCUT2D eigenvalue weighted by molar-refractivity contribution is -0.384. The van der Waals surface area contributed by atoms with Gasteiger partial charge in [0, 0.05) is 17.8 Å². The molecule has 0 bridgehead atoms. The lowest BCUT2D eigenvalue weighted by Gasteiger charge is -2.39. The van der Waals surface area contributed by atoms with E-state index in [1.54, 1.807) is 13.0 Å². The first-order chi connectivity index (χ1) is 8.44. The fraction of sp³-hybridized carbons (Fsp3) is 0.417. The van der Waals surface area contributed by atoms with Crippen molar-refractivity contribution in [3.05, 3.63) is 33.9 Å². The Bertz CT molecular complexity index is 509. The van der Waals surface area contributed by atoms with E-state index in [1.807, 2.05) is 0 Å². The van der Waals surface area contributed by atoms with Gasteiger partial charge in [-0.2, -0.15) is 0 Å². The van der Waals surface area contributed by atoms with Gasteiger partial charge in [0.15, 0.2) is 0 Å². The number of hydrogen-bond acceptors (Lipinski definition) is 4. The van der Waals surface area contributed by atoms with Crippen LogP contribution < -0.4 is 5.32 Å². The number of nitro benzene ring substituents is 1. The summed E-state index contributed by atoms with van der Waals surface area (Å²) < 4.78 is 0. The Morgan fingerprint density at radius 1 is 1.50 bits per heavy atom. The first-order valence-electron chi connectivity index (χ1n) is 5.71. The summed E-state index contributed by atoms with van der Waals surface area (Å²) in [6.45, 7) is 1.73. The molecule has 0 amide bonds. The Morgan fingerprint density at radius 3 is 2.56 bits per heavy atom. The van der Waals surface area contributed by atoms with Crippen LogP contribution in [0.2, 0.25) is 0 Å². The van der Waals surface area contributed by atoms with Crippen LogP contribution >= 0.6 is 0 Å². The van der Waals surface area contributed by atoms with Crippen LogP contribution in [0.1, 0.15) is 24.8 Å². The zero-order valence-electron chi connectivity index (χ0n) is 9.97. The average Bonchev–Trinajstić information content (AvgIpc) is 2.24. The van der Waals surface area contributed by atoms with Crippen LogP contribution in [0.15, 0.2) is 18.2 Å². The normalized spacial score (nSPS) is 16.7. The van der Waals surface area contributed by atoms with Gasteiger partial charge in [-0.25, -0.2) is 4.79 Å². The minimum atomic E-state index is -0.902. The van der Waals surface area contributed by atoms with Crippen LogP contribution in [0, 0.1) is 17.0 Å². The molecule has 1 aliphatic carbocycles. The molecule has 1 aromatic rings. The minimum absolute atomic E-state index is 0.0102. The Labute approximate surface area is 104 Å². The fourth-order valence-electron chi connectivity index (χ4n) is 2.08. The van der Waals surface area contributed by atoms with E-state index < -0.39 is 16.4 Å². The number of carboxylic acids is 1. The number of carbonyl (C=O) groups is 1. The van der Waals surface area contributed by atoms with Crippen LogP contribution in [0.4, 0.5) is 11.4 Å². The van der Waals surface area contributed by atoms with Gasteiger partial charge in [-0.1, -0.05) is 0 Å². The number of nitro groups is 1. The second-order valence-corrected chi connectivity index (χ2v) is 4.62. The topological polar surface area (TPSA) is 92.5 Å².